The van der Waals surface area contributed by atoms with Crippen molar-refractivity contribution in [1.82, 2.24) is 9.55 Å². The quantitative estimate of drug-likeness (QED) is 0.389. The summed E-state index contributed by atoms with van der Waals surface area (Å²) in [7, 11) is 0. The van der Waals surface area contributed by atoms with Crippen molar-refractivity contribution < 1.29 is 24.1 Å². The average Bonchev–Trinajstić information content (AvgIpc) is 3.21. The number of benzene rings is 1. The molecule has 12 heteroatoms. The molecule has 168 valence electrons. The Labute approximate surface area is 182 Å². The third kappa shape index (κ3) is 4.09. The van der Waals surface area contributed by atoms with Gasteiger partial charge < -0.3 is 24.6 Å². The summed E-state index contributed by atoms with van der Waals surface area (Å²) < 4.78 is 18.6. The second kappa shape index (κ2) is 8.34. The largest absolute Gasteiger partial charge is 0.393 e. The van der Waals surface area contributed by atoms with Gasteiger partial charge in [0.15, 0.2) is 12.0 Å². The molecule has 12 nitrogen and oxygen atoms in total. The zero-order chi connectivity index (χ0) is 22.9. The molecule has 1 aromatic carbocycles. The summed E-state index contributed by atoms with van der Waals surface area (Å²) in [6, 6.07) is 10.6. The number of anilines is 1. The summed E-state index contributed by atoms with van der Waals surface area (Å²) in [5, 5.41) is 16.1. The van der Waals surface area contributed by atoms with E-state index >= 15 is 0 Å². The number of carbonyl (C=O) groups is 1. The Hall–Kier alpha value is -3.28. The fourth-order valence-electron chi connectivity index (χ4n) is 3.86. The van der Waals surface area contributed by atoms with Crippen molar-refractivity contribution in [3.8, 4) is 0 Å². The van der Waals surface area contributed by atoms with Crippen molar-refractivity contribution in [1.29, 1.82) is 0 Å². The van der Waals surface area contributed by atoms with E-state index in [2.05, 4.69) is 20.3 Å². The first-order valence-corrected chi connectivity index (χ1v) is 9.90. The summed E-state index contributed by atoms with van der Waals surface area (Å²) in [4.78, 5) is 31.6. The van der Waals surface area contributed by atoms with Gasteiger partial charge in [-0.15, -0.1) is 0 Å². The van der Waals surface area contributed by atoms with Crippen LogP contribution >= 0.6 is 0 Å². The third-order valence-electron chi connectivity index (χ3n) is 5.20. The molecule has 2 saturated heterocycles. The molecule has 2 fully saturated rings. The van der Waals surface area contributed by atoms with Crippen molar-refractivity contribution >= 4 is 11.7 Å². The standard InChI is InChI=1S/C20H22N6O6/c1-19(2)30-15-16(31-19)20(11-27,24-25-21)32-17(15)26-9-8-13(23-18(26)29)22-14(28)10-12-6-4-3-5-7-12/h3-9,15-17,27H,10-11H2,1-2H3,(H,22,23,28,29)/t15-,16+,17-,20-/m1/s1. The molecule has 0 radical (unpaired) electrons. The number of rotatable bonds is 6. The van der Waals surface area contributed by atoms with Crippen LogP contribution in [0.25, 0.3) is 10.4 Å². The van der Waals surface area contributed by atoms with E-state index in [1.54, 1.807) is 13.8 Å². The first kappa shape index (κ1) is 21.9. The van der Waals surface area contributed by atoms with Gasteiger partial charge in [0.1, 0.15) is 18.0 Å². The highest BCUT2D eigenvalue weighted by molar-refractivity contribution is 5.91. The number of azide groups is 1. The van der Waals surface area contributed by atoms with E-state index in [4.69, 9.17) is 19.7 Å². The maximum absolute atomic E-state index is 12.7. The minimum Gasteiger partial charge on any atom is -0.393 e. The van der Waals surface area contributed by atoms with Gasteiger partial charge in [-0.1, -0.05) is 35.4 Å². The van der Waals surface area contributed by atoms with Gasteiger partial charge in [-0.05, 0) is 31.0 Å². The van der Waals surface area contributed by atoms with Crippen LogP contribution in [0.4, 0.5) is 5.82 Å². The van der Waals surface area contributed by atoms with E-state index in [1.165, 1.54) is 12.3 Å². The molecular formula is C20H22N6O6. The van der Waals surface area contributed by atoms with E-state index in [9.17, 15) is 14.7 Å². The number of hydrogen-bond donors (Lipinski definition) is 2. The maximum atomic E-state index is 12.7. The van der Waals surface area contributed by atoms with E-state index in [1.807, 2.05) is 30.3 Å². The number of nitrogens with zero attached hydrogens (tertiary/aromatic N) is 5. The number of aliphatic hydroxyl groups excluding tert-OH is 1. The van der Waals surface area contributed by atoms with Crippen LogP contribution in [-0.2, 0) is 25.4 Å². The van der Waals surface area contributed by atoms with Crippen molar-refractivity contribution in [2.75, 3.05) is 11.9 Å². The Morgan fingerprint density at radius 3 is 2.69 bits per heavy atom. The van der Waals surface area contributed by atoms with E-state index in [-0.39, 0.29) is 18.1 Å². The second-order valence-corrected chi connectivity index (χ2v) is 7.93. The number of carbonyl (C=O) groups excluding carboxylic acids is 1. The molecule has 32 heavy (non-hydrogen) atoms. The van der Waals surface area contributed by atoms with Crippen molar-refractivity contribution in [3.05, 3.63) is 69.1 Å². The van der Waals surface area contributed by atoms with Crippen LogP contribution < -0.4 is 11.0 Å². The minimum atomic E-state index is -1.76. The molecular weight excluding hydrogens is 420 g/mol. The van der Waals surface area contributed by atoms with Crippen molar-refractivity contribution in [3.63, 3.8) is 0 Å². The average molecular weight is 442 g/mol. The molecule has 0 bridgehead atoms. The summed E-state index contributed by atoms with van der Waals surface area (Å²) in [5.41, 5.74) is 7.29. The van der Waals surface area contributed by atoms with Crippen LogP contribution in [0.3, 0.4) is 0 Å². The van der Waals surface area contributed by atoms with Crippen LogP contribution in [0.2, 0.25) is 0 Å². The lowest BCUT2D eigenvalue weighted by Crippen LogP contribution is -2.44. The Morgan fingerprint density at radius 2 is 2.03 bits per heavy atom. The fourth-order valence-corrected chi connectivity index (χ4v) is 3.86. The highest BCUT2D eigenvalue weighted by Gasteiger charge is 2.63. The Morgan fingerprint density at radius 1 is 1.28 bits per heavy atom. The zero-order valence-corrected chi connectivity index (χ0v) is 17.4. The normalized spacial score (nSPS) is 28.0. The van der Waals surface area contributed by atoms with Gasteiger partial charge in [0.05, 0.1) is 13.0 Å². The van der Waals surface area contributed by atoms with Gasteiger partial charge in [-0.2, -0.15) is 4.98 Å². The van der Waals surface area contributed by atoms with Gasteiger partial charge >= 0.3 is 5.69 Å². The van der Waals surface area contributed by atoms with E-state index < -0.39 is 42.2 Å². The lowest BCUT2D eigenvalue weighted by molar-refractivity contribution is -0.225. The highest BCUT2D eigenvalue weighted by atomic mass is 16.8. The highest BCUT2D eigenvalue weighted by Crippen LogP contribution is 2.48. The number of fused-ring (bicyclic) bond motifs is 1. The number of nitrogens with one attached hydrogen (secondary N) is 1. The molecule has 2 aromatic rings. The Kier molecular flexibility index (Phi) is 5.71. The Bertz CT molecular complexity index is 1120. The first-order valence-electron chi connectivity index (χ1n) is 9.90. The van der Waals surface area contributed by atoms with Gasteiger partial charge in [0, 0.05) is 11.1 Å². The smallest absolute Gasteiger partial charge is 0.351 e. The lowest BCUT2D eigenvalue weighted by Gasteiger charge is -2.29. The van der Waals surface area contributed by atoms with Crippen molar-refractivity contribution in [2.45, 2.75) is 50.2 Å². The monoisotopic (exact) mass is 442 g/mol. The van der Waals surface area contributed by atoms with Gasteiger partial charge in [-0.3, -0.25) is 9.36 Å². The van der Waals surface area contributed by atoms with Crippen LogP contribution in [0.5, 0.6) is 0 Å². The van der Waals surface area contributed by atoms with Gasteiger partial charge in [0.25, 0.3) is 0 Å². The number of ether oxygens (including phenoxy) is 3. The predicted molar refractivity (Wildman–Crippen MR) is 110 cm³/mol. The van der Waals surface area contributed by atoms with E-state index in [0.29, 0.717) is 0 Å². The summed E-state index contributed by atoms with van der Waals surface area (Å²) in [5.74, 6) is -1.30. The number of aromatic nitrogens is 2. The zero-order valence-electron chi connectivity index (χ0n) is 17.4. The Balaban J connectivity index is 1.56. The van der Waals surface area contributed by atoms with Crippen LogP contribution in [0.1, 0.15) is 25.6 Å². The van der Waals surface area contributed by atoms with Crippen LogP contribution in [-0.4, -0.2) is 50.9 Å². The summed E-state index contributed by atoms with van der Waals surface area (Å²) in [6.07, 6.45) is -1.35. The number of amides is 1. The predicted octanol–water partition coefficient (Wildman–Crippen LogP) is 1.47. The van der Waals surface area contributed by atoms with Crippen molar-refractivity contribution in [2.24, 2.45) is 5.11 Å². The maximum Gasteiger partial charge on any atom is 0.351 e. The third-order valence-corrected chi connectivity index (χ3v) is 5.20. The molecule has 3 heterocycles. The molecule has 2 N–H and O–H groups in total. The summed E-state index contributed by atoms with van der Waals surface area (Å²) in [6.45, 7) is 2.64. The molecule has 0 unspecified atom stereocenters. The number of aliphatic hydroxyl groups is 1. The van der Waals surface area contributed by atoms with Crippen LogP contribution in [0.15, 0.2) is 52.5 Å². The molecule has 0 spiro atoms. The SMILES string of the molecule is CC1(C)O[C@H]2[C@H](n3ccc(NC(=O)Cc4ccccc4)nc3=O)O[C@@](CO)(N=[N+]=[N-])[C@H]2O1. The second-order valence-electron chi connectivity index (χ2n) is 7.93. The molecule has 4 rings (SSSR count). The first-order chi connectivity index (χ1) is 15.3. The molecule has 0 aliphatic carbocycles. The minimum absolute atomic E-state index is 0.0779. The lowest BCUT2D eigenvalue weighted by atomic mass is 10.1. The molecule has 1 amide bonds. The number of hydrogen-bond acceptors (Lipinski definition) is 8. The van der Waals surface area contributed by atoms with Crippen LogP contribution in [0, 0.1) is 0 Å². The summed E-state index contributed by atoms with van der Waals surface area (Å²) >= 11 is 0. The molecule has 2 aliphatic heterocycles. The molecule has 4 atom stereocenters. The van der Waals surface area contributed by atoms with E-state index in [0.717, 1.165) is 10.1 Å². The topological polar surface area (TPSA) is 161 Å². The molecule has 1 aromatic heterocycles. The van der Waals surface area contributed by atoms with Gasteiger partial charge in [-0.25, -0.2) is 4.79 Å². The molecule has 2 aliphatic rings. The molecule has 0 saturated carbocycles. The fraction of sp³-hybridized carbons (Fsp3) is 0.450. The van der Waals surface area contributed by atoms with Gasteiger partial charge in [0.2, 0.25) is 11.6 Å².